The molecule has 0 radical (unpaired) electrons. The summed E-state index contributed by atoms with van der Waals surface area (Å²) in [5.41, 5.74) is 0.827. The number of para-hydroxylation sites is 1. The Bertz CT molecular complexity index is 471. The lowest BCUT2D eigenvalue weighted by Gasteiger charge is -2.06. The van der Waals surface area contributed by atoms with E-state index >= 15 is 0 Å². The zero-order chi connectivity index (χ0) is 10.7. The average molecular weight is 204 g/mol. The number of fused-ring (bicyclic) bond motifs is 1. The molecule has 2 aromatic rings. The minimum atomic E-state index is 0.355. The number of ether oxygens (including phenoxy) is 2. The first-order valence-corrected chi connectivity index (χ1v) is 4.78. The summed E-state index contributed by atoms with van der Waals surface area (Å²) in [7, 11) is 1.59. The molecule has 0 saturated carbocycles. The van der Waals surface area contributed by atoms with Crippen molar-refractivity contribution in [3.63, 3.8) is 0 Å². The number of methoxy groups -OCH3 is 1. The Hall–Kier alpha value is -1.84. The SMILES string of the molecule is CCOc1nc(OC)c2ccccc2n1. The smallest absolute Gasteiger partial charge is 0.320 e. The van der Waals surface area contributed by atoms with E-state index in [0.717, 1.165) is 10.9 Å². The Morgan fingerprint density at radius 2 is 2.00 bits per heavy atom. The first-order chi connectivity index (χ1) is 7.35. The van der Waals surface area contributed by atoms with E-state index in [1.807, 2.05) is 31.2 Å². The van der Waals surface area contributed by atoms with Crippen molar-refractivity contribution < 1.29 is 9.47 Å². The van der Waals surface area contributed by atoms with Crippen LogP contribution in [0, 0.1) is 0 Å². The predicted octanol–water partition coefficient (Wildman–Crippen LogP) is 2.04. The highest BCUT2D eigenvalue weighted by Crippen LogP contribution is 2.23. The van der Waals surface area contributed by atoms with E-state index < -0.39 is 0 Å². The molecule has 0 unspecified atom stereocenters. The van der Waals surface area contributed by atoms with Crippen molar-refractivity contribution in [3.8, 4) is 11.9 Å². The van der Waals surface area contributed by atoms with Crippen molar-refractivity contribution in [3.05, 3.63) is 24.3 Å². The van der Waals surface area contributed by atoms with Crippen molar-refractivity contribution in [2.45, 2.75) is 6.92 Å². The van der Waals surface area contributed by atoms with E-state index in [9.17, 15) is 0 Å². The second-order valence-corrected chi connectivity index (χ2v) is 2.97. The molecule has 15 heavy (non-hydrogen) atoms. The fourth-order valence-electron chi connectivity index (χ4n) is 1.38. The Labute approximate surface area is 87.9 Å². The van der Waals surface area contributed by atoms with Gasteiger partial charge in [-0.05, 0) is 19.1 Å². The van der Waals surface area contributed by atoms with Gasteiger partial charge in [-0.1, -0.05) is 12.1 Å². The summed E-state index contributed by atoms with van der Waals surface area (Å²) in [5.74, 6) is 0.545. The third-order valence-electron chi connectivity index (χ3n) is 2.01. The second kappa shape index (κ2) is 4.13. The van der Waals surface area contributed by atoms with Crippen LogP contribution in [0.2, 0.25) is 0 Å². The zero-order valence-electron chi connectivity index (χ0n) is 8.73. The van der Waals surface area contributed by atoms with Crippen LogP contribution in [0.1, 0.15) is 6.92 Å². The summed E-state index contributed by atoms with van der Waals surface area (Å²) in [5, 5.41) is 0.892. The van der Waals surface area contributed by atoms with Gasteiger partial charge in [-0.15, -0.1) is 0 Å². The summed E-state index contributed by atoms with van der Waals surface area (Å²) < 4.78 is 10.4. The molecule has 4 heteroatoms. The lowest BCUT2D eigenvalue weighted by Crippen LogP contribution is -2.00. The Kier molecular flexibility index (Phi) is 2.67. The minimum absolute atomic E-state index is 0.355. The Morgan fingerprint density at radius 3 is 2.73 bits per heavy atom. The Morgan fingerprint density at radius 1 is 1.20 bits per heavy atom. The van der Waals surface area contributed by atoms with Gasteiger partial charge < -0.3 is 9.47 Å². The molecular formula is C11H12N2O2. The predicted molar refractivity (Wildman–Crippen MR) is 57.3 cm³/mol. The summed E-state index contributed by atoms with van der Waals surface area (Å²) in [6.07, 6.45) is 0. The molecule has 0 N–H and O–H groups in total. The lowest BCUT2D eigenvalue weighted by molar-refractivity contribution is 0.305. The topological polar surface area (TPSA) is 44.2 Å². The summed E-state index contributed by atoms with van der Waals surface area (Å²) >= 11 is 0. The largest absolute Gasteiger partial charge is 0.480 e. The maximum atomic E-state index is 5.25. The van der Waals surface area contributed by atoms with Crippen molar-refractivity contribution in [2.75, 3.05) is 13.7 Å². The Balaban J connectivity index is 2.60. The number of nitrogens with zero attached hydrogens (tertiary/aromatic N) is 2. The molecule has 2 rings (SSSR count). The molecule has 0 atom stereocenters. The number of aromatic nitrogens is 2. The molecule has 0 bridgehead atoms. The molecule has 0 saturated heterocycles. The van der Waals surface area contributed by atoms with E-state index in [0.29, 0.717) is 18.5 Å². The number of hydrogen-bond donors (Lipinski definition) is 0. The van der Waals surface area contributed by atoms with E-state index in [4.69, 9.17) is 9.47 Å². The number of benzene rings is 1. The second-order valence-electron chi connectivity index (χ2n) is 2.97. The molecular weight excluding hydrogens is 192 g/mol. The van der Waals surface area contributed by atoms with Crippen LogP contribution in [0.15, 0.2) is 24.3 Å². The summed E-state index contributed by atoms with van der Waals surface area (Å²) in [4.78, 5) is 8.41. The van der Waals surface area contributed by atoms with Gasteiger partial charge in [-0.25, -0.2) is 0 Å². The van der Waals surface area contributed by atoms with Crippen LogP contribution < -0.4 is 9.47 Å². The van der Waals surface area contributed by atoms with Gasteiger partial charge in [0, 0.05) is 0 Å². The van der Waals surface area contributed by atoms with Gasteiger partial charge in [0.2, 0.25) is 5.88 Å². The maximum Gasteiger partial charge on any atom is 0.320 e. The normalized spacial score (nSPS) is 10.3. The highest BCUT2D eigenvalue weighted by Gasteiger charge is 2.07. The molecule has 0 aliphatic rings. The van der Waals surface area contributed by atoms with Crippen LogP contribution in [-0.2, 0) is 0 Å². The third kappa shape index (κ3) is 1.83. The standard InChI is InChI=1S/C11H12N2O2/c1-3-15-11-12-9-7-5-4-6-8(9)10(13-11)14-2/h4-7H,3H2,1-2H3. The minimum Gasteiger partial charge on any atom is -0.480 e. The molecule has 0 aliphatic carbocycles. The number of rotatable bonds is 3. The van der Waals surface area contributed by atoms with E-state index in [1.54, 1.807) is 7.11 Å². The van der Waals surface area contributed by atoms with Gasteiger partial charge >= 0.3 is 6.01 Å². The van der Waals surface area contributed by atoms with Gasteiger partial charge in [0.05, 0.1) is 24.6 Å². The fourth-order valence-corrected chi connectivity index (χ4v) is 1.38. The van der Waals surface area contributed by atoms with Gasteiger partial charge in [0.1, 0.15) is 0 Å². The quantitative estimate of drug-likeness (QED) is 0.767. The van der Waals surface area contributed by atoms with Crippen molar-refractivity contribution >= 4 is 10.9 Å². The van der Waals surface area contributed by atoms with Gasteiger partial charge in [-0.3, -0.25) is 0 Å². The molecule has 1 aromatic carbocycles. The molecule has 1 aromatic heterocycles. The average Bonchev–Trinajstić information content (AvgIpc) is 2.28. The molecule has 0 aliphatic heterocycles. The highest BCUT2D eigenvalue weighted by molar-refractivity contribution is 5.83. The van der Waals surface area contributed by atoms with Gasteiger partial charge in [-0.2, -0.15) is 9.97 Å². The van der Waals surface area contributed by atoms with Gasteiger partial charge in [0.15, 0.2) is 0 Å². The van der Waals surface area contributed by atoms with Crippen LogP contribution in [0.5, 0.6) is 11.9 Å². The van der Waals surface area contributed by atoms with Crippen molar-refractivity contribution in [1.82, 2.24) is 9.97 Å². The summed E-state index contributed by atoms with van der Waals surface area (Å²) in [6, 6.07) is 8.03. The van der Waals surface area contributed by atoms with Crippen LogP contribution >= 0.6 is 0 Å². The lowest BCUT2D eigenvalue weighted by atomic mass is 10.2. The third-order valence-corrected chi connectivity index (χ3v) is 2.01. The van der Waals surface area contributed by atoms with E-state index in [-0.39, 0.29) is 0 Å². The zero-order valence-corrected chi connectivity index (χ0v) is 8.73. The molecule has 1 heterocycles. The monoisotopic (exact) mass is 204 g/mol. The van der Waals surface area contributed by atoms with Gasteiger partial charge in [0.25, 0.3) is 0 Å². The van der Waals surface area contributed by atoms with Crippen LogP contribution in [0.3, 0.4) is 0 Å². The van der Waals surface area contributed by atoms with Crippen LogP contribution in [0.4, 0.5) is 0 Å². The van der Waals surface area contributed by atoms with Crippen molar-refractivity contribution in [1.29, 1.82) is 0 Å². The molecule has 4 nitrogen and oxygen atoms in total. The first kappa shape index (κ1) is 9.71. The maximum absolute atomic E-state index is 5.25. The molecule has 0 spiro atoms. The summed E-state index contributed by atoms with van der Waals surface area (Å²) in [6.45, 7) is 2.44. The molecule has 78 valence electrons. The molecule has 0 fully saturated rings. The fraction of sp³-hybridized carbons (Fsp3) is 0.273. The number of hydrogen-bond acceptors (Lipinski definition) is 4. The first-order valence-electron chi connectivity index (χ1n) is 4.78. The molecule has 0 amide bonds. The van der Waals surface area contributed by atoms with E-state index in [1.165, 1.54) is 0 Å². The van der Waals surface area contributed by atoms with Crippen LogP contribution in [0.25, 0.3) is 10.9 Å². The van der Waals surface area contributed by atoms with Crippen LogP contribution in [-0.4, -0.2) is 23.7 Å². The van der Waals surface area contributed by atoms with Crippen molar-refractivity contribution in [2.24, 2.45) is 0 Å². The highest BCUT2D eigenvalue weighted by atomic mass is 16.5. The van der Waals surface area contributed by atoms with E-state index in [2.05, 4.69) is 9.97 Å².